The molecule has 0 fully saturated rings. The number of unbranched alkanes of at least 4 members (excludes halogenated alkanes) is 26. The van der Waals surface area contributed by atoms with Crippen molar-refractivity contribution in [3.8, 4) is 0 Å². The van der Waals surface area contributed by atoms with E-state index in [0.717, 1.165) is 25.7 Å². The predicted molar refractivity (Wildman–Crippen MR) is 187 cm³/mol. The molecule has 0 unspecified atom stereocenters. The second-order valence-corrected chi connectivity index (χ2v) is 12.8. The van der Waals surface area contributed by atoms with Crippen LogP contribution in [0.3, 0.4) is 0 Å². The van der Waals surface area contributed by atoms with Crippen LogP contribution in [0.4, 0.5) is 0 Å². The van der Waals surface area contributed by atoms with Crippen molar-refractivity contribution in [2.45, 2.75) is 219 Å². The van der Waals surface area contributed by atoms with E-state index in [1.807, 2.05) is 0 Å². The molecule has 0 heterocycles. The molecule has 0 saturated carbocycles. The summed E-state index contributed by atoms with van der Waals surface area (Å²) in [6.45, 7) is 4.53. The minimum Gasteiger partial charge on any atom is -0.550 e. The molecule has 0 radical (unpaired) electrons. The number of hydrogen-bond donors (Lipinski definition) is 0. The van der Waals surface area contributed by atoms with Gasteiger partial charge in [0.25, 0.3) is 0 Å². The van der Waals surface area contributed by atoms with E-state index in [9.17, 15) is 19.8 Å². The van der Waals surface area contributed by atoms with Gasteiger partial charge >= 0.3 is 17.1 Å². The van der Waals surface area contributed by atoms with Gasteiger partial charge in [0.15, 0.2) is 0 Å². The zero-order valence-electron chi connectivity index (χ0n) is 29.9. The van der Waals surface area contributed by atoms with Gasteiger partial charge in [-0.1, -0.05) is 167 Å². The molecule has 45 heavy (non-hydrogen) atoms. The molecule has 4 nitrogen and oxygen atoms in total. The van der Waals surface area contributed by atoms with Gasteiger partial charge in [-0.3, -0.25) is 0 Å². The number of aliphatic carboxylic acids is 2. The van der Waals surface area contributed by atoms with Crippen LogP contribution < -0.4 is 10.2 Å². The van der Waals surface area contributed by atoms with E-state index in [1.165, 1.54) is 167 Å². The number of carbonyl (C=O) groups excluding carboxylic acids is 2. The van der Waals surface area contributed by atoms with Crippen LogP contribution >= 0.6 is 0 Å². The number of rotatable bonds is 34. The molecule has 0 aromatic carbocycles. The maximum Gasteiger partial charge on any atom is 2.00 e. The van der Waals surface area contributed by atoms with E-state index in [2.05, 4.69) is 38.2 Å². The van der Waals surface area contributed by atoms with Crippen LogP contribution in [0.15, 0.2) is 24.3 Å². The van der Waals surface area contributed by atoms with Crippen molar-refractivity contribution in [1.82, 2.24) is 0 Å². The third-order valence-corrected chi connectivity index (χ3v) is 8.29. The predicted octanol–water partition coefficient (Wildman–Crippen LogP) is 11.1. The number of carbonyl (C=O) groups is 2. The molecule has 0 aliphatic rings. The first kappa shape index (κ1) is 48.3. The Morgan fingerprint density at radius 1 is 0.356 bits per heavy atom. The molecule has 0 aliphatic heterocycles. The van der Waals surface area contributed by atoms with Crippen molar-refractivity contribution in [3.05, 3.63) is 24.3 Å². The Balaban J connectivity index is -0.000000767. The van der Waals surface area contributed by atoms with E-state index in [0.29, 0.717) is 0 Å². The van der Waals surface area contributed by atoms with Gasteiger partial charge in [0.2, 0.25) is 0 Å². The molecule has 0 amide bonds. The molecular weight excluding hydrogens is 600 g/mol. The van der Waals surface area contributed by atoms with Crippen molar-refractivity contribution >= 4 is 11.9 Å². The summed E-state index contributed by atoms with van der Waals surface area (Å²) in [6.07, 6.45) is 47.7. The molecule has 0 atom stereocenters. The molecule has 0 aromatic rings. The maximum absolute atomic E-state index is 10.2. The quantitative estimate of drug-likeness (QED) is 0.0386. The number of allylic oxidation sites excluding steroid dienone is 4. The fourth-order valence-electron chi connectivity index (χ4n) is 5.39. The molecule has 266 valence electrons. The van der Waals surface area contributed by atoms with Gasteiger partial charge in [-0.15, -0.1) is 0 Å². The van der Waals surface area contributed by atoms with Gasteiger partial charge in [0, 0.05) is 11.9 Å². The van der Waals surface area contributed by atoms with Crippen LogP contribution in [0.1, 0.15) is 219 Å². The second kappa shape index (κ2) is 45.1. The summed E-state index contributed by atoms with van der Waals surface area (Å²) in [4.78, 5) is 20.5. The molecule has 0 rings (SSSR count). The minimum absolute atomic E-state index is 0. The molecule has 0 spiro atoms. The van der Waals surface area contributed by atoms with Crippen LogP contribution in [0.25, 0.3) is 0 Å². The van der Waals surface area contributed by atoms with Crippen molar-refractivity contribution in [1.29, 1.82) is 0 Å². The van der Waals surface area contributed by atoms with Gasteiger partial charge in [0.1, 0.15) is 0 Å². The zero-order chi connectivity index (χ0) is 32.6. The Bertz CT molecular complexity index is 578. The van der Waals surface area contributed by atoms with Crippen molar-refractivity contribution < 1.29 is 36.9 Å². The van der Waals surface area contributed by atoms with Crippen LogP contribution in [0.2, 0.25) is 0 Å². The zero-order valence-corrected chi connectivity index (χ0v) is 31.0. The fourth-order valence-corrected chi connectivity index (χ4v) is 5.39. The van der Waals surface area contributed by atoms with Crippen LogP contribution in [0.5, 0.6) is 0 Å². The van der Waals surface area contributed by atoms with E-state index in [4.69, 9.17) is 0 Å². The van der Waals surface area contributed by atoms with E-state index in [-0.39, 0.29) is 29.9 Å². The Kier molecular flexibility index (Phi) is 48.4. The first-order chi connectivity index (χ1) is 21.5. The number of hydrogen-bond acceptors (Lipinski definition) is 4. The van der Waals surface area contributed by atoms with Gasteiger partial charge in [-0.25, -0.2) is 0 Å². The minimum atomic E-state index is -0.909. The third-order valence-electron chi connectivity index (χ3n) is 8.29. The van der Waals surface area contributed by atoms with E-state index < -0.39 is 11.9 Å². The Labute approximate surface area is 291 Å². The largest absolute Gasteiger partial charge is 2.00 e. The summed E-state index contributed by atoms with van der Waals surface area (Å²) in [7, 11) is 0. The Morgan fingerprint density at radius 3 is 0.778 bits per heavy atom. The first-order valence-corrected chi connectivity index (χ1v) is 19.2. The number of carboxylic acids is 2. The van der Waals surface area contributed by atoms with Crippen LogP contribution in [-0.4, -0.2) is 11.9 Å². The smallest absolute Gasteiger partial charge is 0.550 e. The van der Waals surface area contributed by atoms with Gasteiger partial charge in [-0.05, 0) is 77.0 Å². The first-order valence-electron chi connectivity index (χ1n) is 19.2. The molecule has 0 aliphatic carbocycles. The standard InChI is InChI=1S/2C20H38O2.Fe/c2*1-2-3-4-5-6-7-8-9-10-11-12-13-14-15-16-17-18-19-20(21)22;/h2*9-10H,2-8,11-19H2,1H3,(H,21,22);/q;;+2/p-2/b2*10-9-;. The third kappa shape index (κ3) is 52.7. The second-order valence-electron chi connectivity index (χ2n) is 12.8. The van der Waals surface area contributed by atoms with Gasteiger partial charge in [0.05, 0.1) is 0 Å². The molecule has 0 bridgehead atoms. The Morgan fingerprint density at radius 2 is 0.556 bits per heavy atom. The molecule has 0 aromatic heterocycles. The summed E-state index contributed by atoms with van der Waals surface area (Å²) in [5.41, 5.74) is 0. The number of carboxylic acid groups (broad SMARTS) is 2. The maximum atomic E-state index is 10.2. The molecule has 0 saturated heterocycles. The SMILES string of the molecule is CCCCCCCC/C=C\CCCCCCCCCC(=O)[O-].CCCCCCCC/C=C\CCCCCCCCCC(=O)[O-].[Fe+2]. The van der Waals surface area contributed by atoms with Crippen molar-refractivity contribution in [2.24, 2.45) is 0 Å². The van der Waals surface area contributed by atoms with Gasteiger partial charge in [-0.2, -0.15) is 0 Å². The topological polar surface area (TPSA) is 80.3 Å². The van der Waals surface area contributed by atoms with Crippen LogP contribution in [0, 0.1) is 0 Å². The summed E-state index contributed by atoms with van der Waals surface area (Å²) < 4.78 is 0. The molecule has 5 heteroatoms. The summed E-state index contributed by atoms with van der Waals surface area (Å²) in [5.74, 6) is -1.82. The summed E-state index contributed by atoms with van der Waals surface area (Å²) in [5, 5.41) is 20.5. The summed E-state index contributed by atoms with van der Waals surface area (Å²) in [6, 6.07) is 0. The monoisotopic (exact) mass is 674 g/mol. The average molecular weight is 675 g/mol. The summed E-state index contributed by atoms with van der Waals surface area (Å²) >= 11 is 0. The average Bonchev–Trinajstić information content (AvgIpc) is 3.00. The normalized spacial score (nSPS) is 11.1. The van der Waals surface area contributed by atoms with Crippen LogP contribution in [-0.2, 0) is 26.7 Å². The Hall–Kier alpha value is -1.06. The van der Waals surface area contributed by atoms with Crippen molar-refractivity contribution in [2.75, 3.05) is 0 Å². The molecular formula is C40H74FeO4. The van der Waals surface area contributed by atoms with Gasteiger partial charge < -0.3 is 19.8 Å². The fraction of sp³-hybridized carbons (Fsp3) is 0.850. The molecule has 0 N–H and O–H groups in total. The van der Waals surface area contributed by atoms with E-state index >= 15 is 0 Å². The van der Waals surface area contributed by atoms with Crippen molar-refractivity contribution in [3.63, 3.8) is 0 Å². The van der Waals surface area contributed by atoms with E-state index in [1.54, 1.807) is 0 Å².